The Morgan fingerprint density at radius 1 is 0.894 bits per heavy atom. The quantitative estimate of drug-likeness (QED) is 0.0814. The fourth-order valence-corrected chi connectivity index (χ4v) is 21.2. The fourth-order valence-electron chi connectivity index (χ4n) is 5.93. The van der Waals surface area contributed by atoms with Gasteiger partial charge in [0.15, 0.2) is 0 Å². The molecule has 0 saturated carbocycles. The van der Waals surface area contributed by atoms with Crippen LogP contribution in [0.4, 0.5) is 10.5 Å². The maximum absolute atomic E-state index is 13.8. The van der Waals surface area contributed by atoms with Crippen LogP contribution in [0.2, 0.25) is 13.3 Å². The van der Waals surface area contributed by atoms with Gasteiger partial charge in [0, 0.05) is 0 Å². The number of carbonyl (C=O) groups is 3. The van der Waals surface area contributed by atoms with Crippen LogP contribution in [-0.4, -0.2) is 59.7 Å². The van der Waals surface area contributed by atoms with Gasteiger partial charge in [-0.2, -0.15) is 0 Å². The van der Waals surface area contributed by atoms with Crippen molar-refractivity contribution in [3.8, 4) is 0 Å². The van der Waals surface area contributed by atoms with Crippen molar-refractivity contribution in [2.45, 2.75) is 106 Å². The number of hydrogen-bond acceptors (Lipinski definition) is 5. The number of amides is 1. The molecule has 3 aromatic rings. The van der Waals surface area contributed by atoms with Crippen LogP contribution in [0, 0.1) is 3.57 Å². The third kappa shape index (κ3) is 10.6. The second-order valence-corrected chi connectivity index (χ2v) is 27.3. The molecular formula is C38H53IN2O5Sn. The zero-order chi connectivity index (χ0) is 34.6. The molecule has 0 saturated heterocycles. The van der Waals surface area contributed by atoms with Gasteiger partial charge in [0.1, 0.15) is 0 Å². The normalized spacial score (nSPS) is 12.1. The van der Waals surface area contributed by atoms with E-state index in [0.717, 1.165) is 3.57 Å². The zero-order valence-corrected chi connectivity index (χ0v) is 34.4. The number of rotatable bonds is 16. The van der Waals surface area contributed by atoms with Crippen molar-refractivity contribution < 1.29 is 23.9 Å². The van der Waals surface area contributed by atoms with E-state index in [2.05, 4.69) is 53.5 Å². The SMILES string of the molecule is CCC[CH2][Sn](/[CH]=C\CN(C(=O)OC(C)(C)C)c1ccc2c(cc(C(=O)OCC)n2C(=O)c2ccccc2)c1I)([CH2]CCC)[CH2]CCC. The molecule has 0 radical (unpaired) electrons. The molecule has 2 aromatic carbocycles. The predicted octanol–water partition coefficient (Wildman–Crippen LogP) is 10.8. The molecule has 0 fully saturated rings. The minimum atomic E-state index is -2.60. The number of ether oxygens (including phenoxy) is 2. The molecule has 0 N–H and O–H groups in total. The molecule has 0 aliphatic carbocycles. The summed E-state index contributed by atoms with van der Waals surface area (Å²) in [6.45, 7) is 14.7. The van der Waals surface area contributed by atoms with Gasteiger partial charge in [-0.05, 0) is 6.92 Å². The molecule has 0 spiro atoms. The zero-order valence-electron chi connectivity index (χ0n) is 29.4. The molecule has 0 aliphatic heterocycles. The molecular weight excluding hydrogens is 810 g/mol. The van der Waals surface area contributed by atoms with Gasteiger partial charge in [-0.1, -0.05) is 18.2 Å². The molecule has 47 heavy (non-hydrogen) atoms. The second kappa shape index (κ2) is 18.4. The Morgan fingerprint density at radius 3 is 2.02 bits per heavy atom. The Morgan fingerprint density at radius 2 is 1.49 bits per heavy atom. The van der Waals surface area contributed by atoms with E-state index < -0.39 is 36.0 Å². The van der Waals surface area contributed by atoms with E-state index in [1.165, 1.54) is 56.4 Å². The summed E-state index contributed by atoms with van der Waals surface area (Å²) < 4.78 is 20.1. The van der Waals surface area contributed by atoms with E-state index in [-0.39, 0.29) is 18.2 Å². The Bertz CT molecular complexity index is 1500. The number of fused-ring (bicyclic) bond motifs is 1. The molecule has 1 aromatic heterocycles. The van der Waals surface area contributed by atoms with Gasteiger partial charge in [-0.25, -0.2) is 0 Å². The van der Waals surface area contributed by atoms with Crippen molar-refractivity contribution in [2.75, 3.05) is 18.1 Å². The van der Waals surface area contributed by atoms with Gasteiger partial charge in [0.05, 0.1) is 0 Å². The number of carbonyl (C=O) groups excluding carboxylic acids is 3. The summed E-state index contributed by atoms with van der Waals surface area (Å²) in [7, 11) is 0. The number of aromatic nitrogens is 1. The van der Waals surface area contributed by atoms with Crippen LogP contribution >= 0.6 is 22.6 Å². The summed E-state index contributed by atoms with van der Waals surface area (Å²) in [5.41, 5.74) is 1.18. The predicted molar refractivity (Wildman–Crippen MR) is 204 cm³/mol. The summed E-state index contributed by atoms with van der Waals surface area (Å²) in [6.07, 6.45) is 9.20. The second-order valence-electron chi connectivity index (χ2n) is 13.3. The summed E-state index contributed by atoms with van der Waals surface area (Å²) in [5, 5.41) is 0.690. The van der Waals surface area contributed by atoms with Crippen LogP contribution in [0.3, 0.4) is 0 Å². The maximum atomic E-state index is 13.8. The van der Waals surface area contributed by atoms with Crippen LogP contribution in [0.5, 0.6) is 0 Å². The van der Waals surface area contributed by atoms with Crippen molar-refractivity contribution in [1.82, 2.24) is 4.57 Å². The standard InChI is InChI=1S/C26H26IN2O5.3C4H9.Sn/c1-6-15-28(25(32)34-26(3,4)5)20-14-13-19-18(22(20)27)16-21(24(31)33-7-2)29(19)23(30)17-11-9-8-10-12-17;3*1-3-4-2;/h1,6,8-14,16H,7,15H2,2-5H3;3*1,3-4H2,2H3;. The van der Waals surface area contributed by atoms with E-state index in [9.17, 15) is 14.4 Å². The first-order valence-corrected chi connectivity index (χ1v) is 26.0. The van der Waals surface area contributed by atoms with E-state index in [1.54, 1.807) is 42.2 Å². The third-order valence-corrected chi connectivity index (χ3v) is 23.7. The molecule has 0 unspecified atom stereocenters. The Balaban J connectivity index is 2.15. The topological polar surface area (TPSA) is 77.8 Å². The van der Waals surface area contributed by atoms with Gasteiger partial charge in [-0.3, -0.25) is 0 Å². The van der Waals surface area contributed by atoms with Crippen molar-refractivity contribution in [2.24, 2.45) is 0 Å². The van der Waals surface area contributed by atoms with E-state index >= 15 is 0 Å². The van der Waals surface area contributed by atoms with E-state index in [1.807, 2.05) is 39.0 Å². The molecule has 3 rings (SSSR count). The molecule has 1 heterocycles. The van der Waals surface area contributed by atoms with Crippen LogP contribution in [0.15, 0.2) is 58.7 Å². The number of nitrogens with zero attached hydrogens (tertiary/aromatic N) is 2. The molecule has 9 heteroatoms. The summed E-state index contributed by atoms with van der Waals surface area (Å²) in [4.78, 5) is 42.4. The molecule has 0 aliphatic rings. The number of unbranched alkanes of at least 4 members (excludes halogenated alkanes) is 3. The van der Waals surface area contributed by atoms with Crippen molar-refractivity contribution in [3.05, 3.63) is 73.5 Å². The fraction of sp³-hybridized carbons (Fsp3) is 0.500. The molecule has 0 atom stereocenters. The van der Waals surface area contributed by atoms with Crippen LogP contribution in [0.1, 0.15) is 108 Å². The monoisotopic (exact) mass is 864 g/mol. The van der Waals surface area contributed by atoms with Crippen molar-refractivity contribution in [3.63, 3.8) is 0 Å². The van der Waals surface area contributed by atoms with Crippen LogP contribution in [-0.2, 0) is 9.47 Å². The average molecular weight is 863 g/mol. The van der Waals surface area contributed by atoms with E-state index in [0.29, 0.717) is 28.7 Å². The van der Waals surface area contributed by atoms with Crippen molar-refractivity contribution in [1.29, 1.82) is 0 Å². The van der Waals surface area contributed by atoms with Gasteiger partial charge < -0.3 is 0 Å². The number of hydrogen-bond donors (Lipinski definition) is 0. The minimum absolute atomic E-state index is 0.149. The Labute approximate surface area is 299 Å². The first-order valence-electron chi connectivity index (χ1n) is 17.2. The first kappa shape index (κ1) is 39.1. The molecule has 1 amide bonds. The summed E-state index contributed by atoms with van der Waals surface area (Å²) in [5.74, 6) is -0.901. The Hall–Kier alpha value is -2.34. The van der Waals surface area contributed by atoms with Gasteiger partial charge in [-0.15, -0.1) is 0 Å². The third-order valence-electron chi connectivity index (χ3n) is 8.36. The van der Waals surface area contributed by atoms with Gasteiger partial charge in [0.2, 0.25) is 0 Å². The summed E-state index contributed by atoms with van der Waals surface area (Å²) in [6, 6.07) is 14.3. The van der Waals surface area contributed by atoms with Crippen LogP contribution < -0.4 is 4.90 Å². The molecule has 0 bridgehead atoms. The molecule has 7 nitrogen and oxygen atoms in total. The van der Waals surface area contributed by atoms with Gasteiger partial charge >= 0.3 is 276 Å². The van der Waals surface area contributed by atoms with Gasteiger partial charge in [0.25, 0.3) is 0 Å². The number of halogens is 1. The number of anilines is 1. The number of esters is 1. The molecule has 256 valence electrons. The Kier molecular flexibility index (Phi) is 15.3. The first-order chi connectivity index (χ1) is 22.4. The van der Waals surface area contributed by atoms with Crippen LogP contribution in [0.25, 0.3) is 10.9 Å². The average Bonchev–Trinajstić information content (AvgIpc) is 3.44. The number of benzene rings is 2. The van der Waals surface area contributed by atoms with Crippen molar-refractivity contribution >= 4 is 75.5 Å². The van der Waals surface area contributed by atoms with E-state index in [4.69, 9.17) is 9.47 Å². The summed E-state index contributed by atoms with van der Waals surface area (Å²) >= 11 is -0.380.